The number of benzene rings is 4. The van der Waals surface area contributed by atoms with Gasteiger partial charge < -0.3 is 35.8 Å². The first-order valence-corrected chi connectivity index (χ1v) is 16.0. The van der Waals surface area contributed by atoms with Crippen molar-refractivity contribution in [1.29, 1.82) is 0 Å². The number of rotatable bonds is 16. The number of carbonyl (C=O) groups is 4. The molecule has 4 atom stereocenters. The minimum atomic E-state index is -1.61. The number of aliphatic hydroxyl groups excluding tert-OH is 1. The van der Waals surface area contributed by atoms with E-state index < -0.39 is 48.0 Å². The Labute approximate surface area is 286 Å². The van der Waals surface area contributed by atoms with Crippen molar-refractivity contribution in [3.8, 4) is 5.75 Å². The third-order valence-corrected chi connectivity index (χ3v) is 7.76. The monoisotopic (exact) mass is 666 g/mol. The lowest BCUT2D eigenvalue weighted by Crippen LogP contribution is -2.58. The molecule has 0 aromatic heterocycles. The van der Waals surface area contributed by atoms with Gasteiger partial charge in [-0.15, -0.1) is 0 Å². The van der Waals surface area contributed by atoms with Gasteiger partial charge in [-0.2, -0.15) is 0 Å². The fourth-order valence-corrected chi connectivity index (χ4v) is 4.98. The van der Waals surface area contributed by atoms with Crippen LogP contribution in [0.15, 0.2) is 115 Å². The fourth-order valence-electron chi connectivity index (χ4n) is 4.98. The van der Waals surface area contributed by atoms with Gasteiger partial charge in [0, 0.05) is 13.0 Å². The lowest BCUT2D eigenvalue weighted by molar-refractivity contribution is -0.134. The largest absolute Gasteiger partial charge is 0.497 e. The molecule has 0 heterocycles. The van der Waals surface area contributed by atoms with Crippen LogP contribution in [0.4, 0.5) is 4.79 Å². The molecular weight excluding hydrogens is 624 g/mol. The predicted molar refractivity (Wildman–Crippen MR) is 184 cm³/mol. The SMILES string of the molecule is COc1ccc(C[C@H](NC(=O)[C@H](C)NC(=O)OCc2ccccc2)C(=O)NC(Cc2ccccc2)[C@H](O)C(=O)NCc2ccccc2)cc1. The first-order chi connectivity index (χ1) is 23.7. The molecule has 4 amide bonds. The maximum atomic E-state index is 13.9. The zero-order valence-electron chi connectivity index (χ0n) is 27.5. The van der Waals surface area contributed by atoms with Crippen molar-refractivity contribution in [1.82, 2.24) is 21.3 Å². The van der Waals surface area contributed by atoms with E-state index in [9.17, 15) is 24.3 Å². The van der Waals surface area contributed by atoms with E-state index in [1.54, 1.807) is 43.5 Å². The van der Waals surface area contributed by atoms with Crippen molar-refractivity contribution >= 4 is 23.8 Å². The van der Waals surface area contributed by atoms with Crippen LogP contribution in [-0.2, 0) is 45.1 Å². The van der Waals surface area contributed by atoms with Crippen LogP contribution in [0.1, 0.15) is 29.2 Å². The second-order valence-corrected chi connectivity index (χ2v) is 11.5. The Morgan fingerprint density at radius 2 is 1.18 bits per heavy atom. The van der Waals surface area contributed by atoms with E-state index in [-0.39, 0.29) is 26.0 Å². The smallest absolute Gasteiger partial charge is 0.408 e. The highest BCUT2D eigenvalue weighted by Gasteiger charge is 2.32. The van der Waals surface area contributed by atoms with Gasteiger partial charge in [-0.3, -0.25) is 14.4 Å². The molecule has 4 aromatic rings. The summed E-state index contributed by atoms with van der Waals surface area (Å²) >= 11 is 0. The van der Waals surface area contributed by atoms with Crippen molar-refractivity contribution in [2.45, 2.75) is 57.1 Å². The highest BCUT2D eigenvalue weighted by atomic mass is 16.5. The van der Waals surface area contributed by atoms with E-state index in [1.807, 2.05) is 78.9 Å². The summed E-state index contributed by atoms with van der Waals surface area (Å²) in [5.74, 6) is -1.30. The van der Waals surface area contributed by atoms with E-state index in [0.717, 1.165) is 16.7 Å². The molecule has 0 saturated heterocycles. The first kappa shape index (κ1) is 36.2. The van der Waals surface area contributed by atoms with Crippen LogP contribution in [0.5, 0.6) is 5.75 Å². The quantitative estimate of drug-likeness (QED) is 0.123. The van der Waals surface area contributed by atoms with Crippen molar-refractivity contribution in [3.63, 3.8) is 0 Å². The molecule has 0 radical (unpaired) electrons. The molecule has 0 aliphatic rings. The zero-order valence-corrected chi connectivity index (χ0v) is 27.5. The summed E-state index contributed by atoms with van der Waals surface area (Å²) in [5.41, 5.74) is 3.13. The average Bonchev–Trinajstić information content (AvgIpc) is 3.13. The van der Waals surface area contributed by atoms with Gasteiger partial charge in [0.05, 0.1) is 13.2 Å². The lowest BCUT2D eigenvalue weighted by Gasteiger charge is -2.27. The standard InChI is InChI=1S/C38H42N4O7/c1-26(40-38(47)49-25-30-16-10-5-11-17-30)35(44)42-33(23-28-18-20-31(48-2)21-19-28)36(45)41-32(22-27-12-6-3-7-13-27)34(43)37(46)39-24-29-14-8-4-9-15-29/h3-21,26,32-34,43H,22-25H2,1-2H3,(H,39,46)(H,40,47)(H,41,45)(H,42,44)/t26-,32?,33-,34-/m0/s1. The van der Waals surface area contributed by atoms with Crippen LogP contribution in [0.25, 0.3) is 0 Å². The molecule has 49 heavy (non-hydrogen) atoms. The van der Waals surface area contributed by atoms with Gasteiger partial charge in [-0.1, -0.05) is 103 Å². The number of hydrogen-bond donors (Lipinski definition) is 5. The van der Waals surface area contributed by atoms with Gasteiger partial charge in [-0.05, 0) is 47.7 Å². The molecule has 11 heteroatoms. The molecule has 0 aliphatic heterocycles. The summed E-state index contributed by atoms with van der Waals surface area (Å²) < 4.78 is 10.5. The molecule has 4 rings (SSSR count). The van der Waals surface area contributed by atoms with Gasteiger partial charge in [0.2, 0.25) is 11.8 Å². The minimum Gasteiger partial charge on any atom is -0.497 e. The van der Waals surface area contributed by atoms with Crippen molar-refractivity contribution in [2.24, 2.45) is 0 Å². The molecule has 0 spiro atoms. The Morgan fingerprint density at radius 3 is 1.78 bits per heavy atom. The topological polar surface area (TPSA) is 155 Å². The molecule has 11 nitrogen and oxygen atoms in total. The number of carbonyl (C=O) groups excluding carboxylic acids is 4. The summed E-state index contributed by atoms with van der Waals surface area (Å²) in [7, 11) is 1.54. The third-order valence-electron chi connectivity index (χ3n) is 7.76. The number of nitrogens with one attached hydrogen (secondary N) is 4. The number of amides is 4. The third kappa shape index (κ3) is 11.8. The van der Waals surface area contributed by atoms with E-state index in [0.29, 0.717) is 11.3 Å². The Balaban J connectivity index is 1.48. The highest BCUT2D eigenvalue weighted by molar-refractivity contribution is 5.92. The molecule has 0 bridgehead atoms. The number of aliphatic hydroxyl groups is 1. The first-order valence-electron chi connectivity index (χ1n) is 16.0. The van der Waals surface area contributed by atoms with Crippen LogP contribution < -0.4 is 26.0 Å². The molecule has 1 unspecified atom stereocenters. The molecule has 0 saturated carbocycles. The maximum absolute atomic E-state index is 13.9. The minimum absolute atomic E-state index is 0.0214. The van der Waals surface area contributed by atoms with Gasteiger partial charge in [0.15, 0.2) is 6.10 Å². The van der Waals surface area contributed by atoms with Gasteiger partial charge in [0.1, 0.15) is 24.4 Å². The zero-order chi connectivity index (χ0) is 35.0. The summed E-state index contributed by atoms with van der Waals surface area (Å²) in [6.45, 7) is 1.69. The summed E-state index contributed by atoms with van der Waals surface area (Å²) in [6.07, 6.45) is -2.19. The van der Waals surface area contributed by atoms with Gasteiger partial charge >= 0.3 is 6.09 Å². The number of alkyl carbamates (subject to hydrolysis) is 1. The molecule has 0 fully saturated rings. The van der Waals surface area contributed by atoms with E-state index >= 15 is 0 Å². The maximum Gasteiger partial charge on any atom is 0.408 e. The fraction of sp³-hybridized carbons (Fsp3) is 0.263. The highest BCUT2D eigenvalue weighted by Crippen LogP contribution is 2.14. The van der Waals surface area contributed by atoms with Crippen LogP contribution in [0.2, 0.25) is 0 Å². The number of ether oxygens (including phenoxy) is 2. The van der Waals surface area contributed by atoms with E-state index in [2.05, 4.69) is 21.3 Å². The Kier molecular flexibility index (Phi) is 13.7. The lowest BCUT2D eigenvalue weighted by atomic mass is 9.98. The Bertz CT molecular complexity index is 1640. The van der Waals surface area contributed by atoms with Crippen LogP contribution in [0.3, 0.4) is 0 Å². The van der Waals surface area contributed by atoms with Crippen LogP contribution >= 0.6 is 0 Å². The summed E-state index contributed by atoms with van der Waals surface area (Å²) in [5, 5.41) is 22.0. The molecule has 0 aliphatic carbocycles. The molecule has 5 N–H and O–H groups in total. The molecule has 256 valence electrons. The summed E-state index contributed by atoms with van der Waals surface area (Å²) in [6, 6.07) is 31.3. The van der Waals surface area contributed by atoms with Crippen molar-refractivity contribution < 1.29 is 33.8 Å². The van der Waals surface area contributed by atoms with Crippen molar-refractivity contribution in [3.05, 3.63) is 138 Å². The number of hydrogen-bond acceptors (Lipinski definition) is 7. The predicted octanol–water partition coefficient (Wildman–Crippen LogP) is 3.44. The van der Waals surface area contributed by atoms with E-state index in [4.69, 9.17) is 9.47 Å². The molecule has 4 aromatic carbocycles. The van der Waals surface area contributed by atoms with E-state index in [1.165, 1.54) is 6.92 Å². The second kappa shape index (κ2) is 18.6. The Morgan fingerprint density at radius 1 is 0.633 bits per heavy atom. The molecular formula is C38H42N4O7. The normalized spacial score (nSPS) is 13.1. The second-order valence-electron chi connectivity index (χ2n) is 11.5. The number of methoxy groups -OCH3 is 1. The van der Waals surface area contributed by atoms with Crippen LogP contribution in [-0.4, -0.2) is 60.3 Å². The van der Waals surface area contributed by atoms with Gasteiger partial charge in [0.25, 0.3) is 5.91 Å². The summed E-state index contributed by atoms with van der Waals surface area (Å²) in [4.78, 5) is 52.8. The Hall–Kier alpha value is -5.68. The average molecular weight is 667 g/mol. The van der Waals surface area contributed by atoms with Gasteiger partial charge in [-0.25, -0.2) is 4.79 Å². The van der Waals surface area contributed by atoms with Crippen LogP contribution in [0, 0.1) is 0 Å². The van der Waals surface area contributed by atoms with Crippen molar-refractivity contribution in [2.75, 3.05) is 7.11 Å².